The van der Waals surface area contributed by atoms with Crippen LogP contribution in [-0.2, 0) is 11.2 Å². The first kappa shape index (κ1) is 13.6. The lowest BCUT2D eigenvalue weighted by Crippen LogP contribution is -2.41. The quantitative estimate of drug-likeness (QED) is 0.818. The van der Waals surface area contributed by atoms with Gasteiger partial charge in [-0.25, -0.2) is 4.39 Å². The average Bonchev–Trinajstić information content (AvgIpc) is 2.25. The highest BCUT2D eigenvalue weighted by Crippen LogP contribution is 2.05. The Morgan fingerprint density at radius 2 is 2.18 bits per heavy atom. The first-order valence-corrected chi connectivity index (χ1v) is 5.67. The van der Waals surface area contributed by atoms with E-state index in [0.717, 1.165) is 0 Å². The summed E-state index contributed by atoms with van der Waals surface area (Å²) in [5.41, 5.74) is 0.628. The minimum atomic E-state index is -0.349. The van der Waals surface area contributed by atoms with Crippen molar-refractivity contribution in [3.05, 3.63) is 35.6 Å². The Morgan fingerprint density at radius 1 is 1.47 bits per heavy atom. The summed E-state index contributed by atoms with van der Waals surface area (Å²) in [6.45, 7) is 3.75. The Hall–Kier alpha value is -1.42. The van der Waals surface area contributed by atoms with E-state index in [1.807, 2.05) is 13.8 Å². The molecule has 0 bridgehead atoms. The molecule has 94 valence electrons. The number of halogens is 1. The smallest absolute Gasteiger partial charge is 0.224 e. The van der Waals surface area contributed by atoms with E-state index in [2.05, 4.69) is 5.32 Å². The van der Waals surface area contributed by atoms with E-state index >= 15 is 0 Å². The van der Waals surface area contributed by atoms with Crippen LogP contribution in [0.4, 0.5) is 4.39 Å². The van der Waals surface area contributed by atoms with Crippen LogP contribution in [0, 0.1) is 11.7 Å². The molecule has 17 heavy (non-hydrogen) atoms. The maximum absolute atomic E-state index is 12.9. The SMILES string of the molecule is CC(C)C(CO)NC(=O)Cc1cccc(F)c1. The lowest BCUT2D eigenvalue weighted by atomic mass is 10.0. The van der Waals surface area contributed by atoms with Crippen LogP contribution in [0.25, 0.3) is 0 Å². The number of rotatable bonds is 5. The van der Waals surface area contributed by atoms with Crippen molar-refractivity contribution in [2.45, 2.75) is 26.3 Å². The fraction of sp³-hybridized carbons (Fsp3) is 0.462. The second-order valence-electron chi connectivity index (χ2n) is 4.41. The second-order valence-corrected chi connectivity index (χ2v) is 4.41. The van der Waals surface area contributed by atoms with Gasteiger partial charge in [0.15, 0.2) is 0 Å². The van der Waals surface area contributed by atoms with E-state index < -0.39 is 0 Å². The predicted octanol–water partition coefficient (Wildman–Crippen LogP) is 1.50. The summed E-state index contributed by atoms with van der Waals surface area (Å²) >= 11 is 0. The van der Waals surface area contributed by atoms with Crippen LogP contribution in [0.2, 0.25) is 0 Å². The number of aliphatic hydroxyl groups is 1. The second kappa shape index (κ2) is 6.35. The van der Waals surface area contributed by atoms with Gasteiger partial charge in [-0.3, -0.25) is 4.79 Å². The monoisotopic (exact) mass is 239 g/mol. The lowest BCUT2D eigenvalue weighted by molar-refractivity contribution is -0.121. The van der Waals surface area contributed by atoms with Crippen molar-refractivity contribution >= 4 is 5.91 Å². The number of hydrogen-bond donors (Lipinski definition) is 2. The zero-order valence-electron chi connectivity index (χ0n) is 10.1. The van der Waals surface area contributed by atoms with Gasteiger partial charge in [0.25, 0.3) is 0 Å². The first-order valence-electron chi connectivity index (χ1n) is 5.67. The van der Waals surface area contributed by atoms with E-state index in [-0.39, 0.29) is 36.7 Å². The van der Waals surface area contributed by atoms with Gasteiger partial charge < -0.3 is 10.4 Å². The molecular weight excluding hydrogens is 221 g/mol. The van der Waals surface area contributed by atoms with Gasteiger partial charge in [0, 0.05) is 0 Å². The molecule has 4 heteroatoms. The fourth-order valence-electron chi connectivity index (χ4n) is 1.51. The van der Waals surface area contributed by atoms with Crippen molar-refractivity contribution in [2.24, 2.45) is 5.92 Å². The molecule has 0 aromatic heterocycles. The van der Waals surface area contributed by atoms with Gasteiger partial charge in [-0.15, -0.1) is 0 Å². The summed E-state index contributed by atoms with van der Waals surface area (Å²) in [5.74, 6) is -0.391. The molecule has 0 aliphatic carbocycles. The number of hydrogen-bond acceptors (Lipinski definition) is 2. The Morgan fingerprint density at radius 3 is 2.71 bits per heavy atom. The van der Waals surface area contributed by atoms with Crippen LogP contribution in [-0.4, -0.2) is 23.7 Å². The molecule has 1 rings (SSSR count). The van der Waals surface area contributed by atoms with E-state index in [1.54, 1.807) is 12.1 Å². The highest BCUT2D eigenvalue weighted by molar-refractivity contribution is 5.78. The zero-order chi connectivity index (χ0) is 12.8. The Kier molecular flexibility index (Phi) is 5.10. The van der Waals surface area contributed by atoms with Crippen molar-refractivity contribution in [1.29, 1.82) is 0 Å². The Labute approximate surface area is 101 Å². The molecule has 1 amide bonds. The Balaban J connectivity index is 2.55. The fourth-order valence-corrected chi connectivity index (χ4v) is 1.51. The summed E-state index contributed by atoms with van der Waals surface area (Å²) in [4.78, 5) is 11.7. The minimum Gasteiger partial charge on any atom is -0.394 e. The van der Waals surface area contributed by atoms with E-state index in [0.29, 0.717) is 5.56 Å². The largest absolute Gasteiger partial charge is 0.394 e. The number of nitrogens with one attached hydrogen (secondary N) is 1. The van der Waals surface area contributed by atoms with Gasteiger partial charge in [-0.1, -0.05) is 26.0 Å². The van der Waals surface area contributed by atoms with E-state index in [1.165, 1.54) is 12.1 Å². The highest BCUT2D eigenvalue weighted by Gasteiger charge is 2.15. The molecule has 1 aromatic rings. The molecule has 2 N–H and O–H groups in total. The van der Waals surface area contributed by atoms with E-state index in [4.69, 9.17) is 5.11 Å². The zero-order valence-corrected chi connectivity index (χ0v) is 10.1. The molecule has 0 aliphatic rings. The van der Waals surface area contributed by atoms with Crippen LogP contribution in [0.5, 0.6) is 0 Å². The molecule has 0 saturated heterocycles. The highest BCUT2D eigenvalue weighted by atomic mass is 19.1. The first-order chi connectivity index (χ1) is 8.02. The van der Waals surface area contributed by atoms with E-state index in [9.17, 15) is 9.18 Å². The van der Waals surface area contributed by atoms with Crippen LogP contribution in [0.3, 0.4) is 0 Å². The summed E-state index contributed by atoms with van der Waals surface area (Å²) in [5, 5.41) is 11.8. The molecule has 0 fully saturated rings. The van der Waals surface area contributed by atoms with Crippen LogP contribution in [0.15, 0.2) is 24.3 Å². The van der Waals surface area contributed by atoms with Gasteiger partial charge in [-0.2, -0.15) is 0 Å². The number of benzene rings is 1. The molecule has 0 saturated carbocycles. The van der Waals surface area contributed by atoms with Gasteiger partial charge in [0.1, 0.15) is 5.82 Å². The third-order valence-corrected chi connectivity index (χ3v) is 2.60. The number of amides is 1. The molecule has 1 aromatic carbocycles. The number of carbonyl (C=O) groups excluding carboxylic acids is 1. The van der Waals surface area contributed by atoms with Crippen LogP contribution in [0.1, 0.15) is 19.4 Å². The standard InChI is InChI=1S/C13H18FNO2/c1-9(2)12(8-16)15-13(17)7-10-4-3-5-11(14)6-10/h3-6,9,12,16H,7-8H2,1-2H3,(H,15,17). The Bertz CT molecular complexity index is 379. The molecule has 3 nitrogen and oxygen atoms in total. The number of aliphatic hydroxyl groups excluding tert-OH is 1. The summed E-state index contributed by atoms with van der Waals surface area (Å²) in [6, 6.07) is 5.70. The lowest BCUT2D eigenvalue weighted by Gasteiger charge is -2.19. The molecule has 1 atom stereocenters. The third-order valence-electron chi connectivity index (χ3n) is 2.60. The van der Waals surface area contributed by atoms with Crippen molar-refractivity contribution < 1.29 is 14.3 Å². The van der Waals surface area contributed by atoms with Crippen LogP contribution < -0.4 is 5.32 Å². The minimum absolute atomic E-state index is 0.0907. The van der Waals surface area contributed by atoms with Gasteiger partial charge in [0.05, 0.1) is 19.1 Å². The molecule has 0 heterocycles. The molecule has 1 unspecified atom stereocenters. The summed E-state index contributed by atoms with van der Waals surface area (Å²) in [6.07, 6.45) is 0.126. The van der Waals surface area contributed by atoms with Gasteiger partial charge in [0.2, 0.25) is 5.91 Å². The van der Waals surface area contributed by atoms with Crippen molar-refractivity contribution in [1.82, 2.24) is 5.32 Å². The predicted molar refractivity (Wildman–Crippen MR) is 64.0 cm³/mol. The average molecular weight is 239 g/mol. The molecular formula is C13H18FNO2. The summed E-state index contributed by atoms with van der Waals surface area (Å²) < 4.78 is 12.9. The topological polar surface area (TPSA) is 49.3 Å². The summed E-state index contributed by atoms with van der Waals surface area (Å²) in [7, 11) is 0. The third kappa shape index (κ3) is 4.53. The maximum Gasteiger partial charge on any atom is 0.224 e. The molecule has 0 aliphatic heterocycles. The van der Waals surface area contributed by atoms with Crippen molar-refractivity contribution in [3.8, 4) is 0 Å². The van der Waals surface area contributed by atoms with Gasteiger partial charge in [-0.05, 0) is 23.6 Å². The molecule has 0 spiro atoms. The normalized spacial score (nSPS) is 12.5. The number of carbonyl (C=O) groups is 1. The van der Waals surface area contributed by atoms with Crippen LogP contribution >= 0.6 is 0 Å². The molecule has 0 radical (unpaired) electrons. The maximum atomic E-state index is 12.9. The van der Waals surface area contributed by atoms with Gasteiger partial charge >= 0.3 is 0 Å². The van der Waals surface area contributed by atoms with Crippen molar-refractivity contribution in [3.63, 3.8) is 0 Å². The van der Waals surface area contributed by atoms with Crippen molar-refractivity contribution in [2.75, 3.05) is 6.61 Å².